The summed E-state index contributed by atoms with van der Waals surface area (Å²) in [5.74, 6) is 1.35. The minimum Gasteiger partial charge on any atom is -0.493 e. The lowest BCUT2D eigenvalue weighted by molar-refractivity contribution is 0.250. The van der Waals surface area contributed by atoms with Crippen molar-refractivity contribution in [1.82, 2.24) is 9.88 Å². The van der Waals surface area contributed by atoms with E-state index in [4.69, 9.17) is 4.74 Å². The van der Waals surface area contributed by atoms with E-state index in [1.54, 1.807) is 13.3 Å². The normalized spacial score (nSPS) is 14.7. The lowest BCUT2D eigenvalue weighted by Gasteiger charge is -2.36. The largest absolute Gasteiger partial charge is 0.493 e. The first-order valence-corrected chi connectivity index (χ1v) is 11.1. The molecule has 32 heavy (non-hydrogen) atoms. The zero-order valence-corrected chi connectivity index (χ0v) is 18.4. The molecule has 0 radical (unpaired) electrons. The van der Waals surface area contributed by atoms with Crippen molar-refractivity contribution in [3.05, 3.63) is 89.6 Å². The topological polar surface area (TPSA) is 28.6 Å². The third-order valence-electron chi connectivity index (χ3n) is 6.15. The van der Waals surface area contributed by atoms with Gasteiger partial charge in [-0.2, -0.15) is 0 Å². The molecule has 0 aliphatic carbocycles. The van der Waals surface area contributed by atoms with Crippen LogP contribution >= 0.6 is 0 Å². The number of nitrogens with zero attached hydrogens (tertiary/aromatic N) is 3. The molecule has 1 fully saturated rings. The first-order chi connectivity index (χ1) is 15.6. The van der Waals surface area contributed by atoms with E-state index in [0.29, 0.717) is 0 Å². The van der Waals surface area contributed by atoms with Crippen LogP contribution in [0.25, 0.3) is 0 Å². The smallest absolute Gasteiger partial charge is 0.171 e. The molecule has 2 heterocycles. The summed E-state index contributed by atoms with van der Waals surface area (Å²) >= 11 is 0. The summed E-state index contributed by atoms with van der Waals surface area (Å²) in [6.45, 7) is 4.75. The maximum absolute atomic E-state index is 13.4. The maximum atomic E-state index is 13.4. The van der Waals surface area contributed by atoms with Crippen LogP contribution in [0.5, 0.6) is 5.75 Å². The Morgan fingerprint density at radius 1 is 0.875 bits per heavy atom. The minimum atomic E-state index is -0.242. The first-order valence-electron chi connectivity index (χ1n) is 11.1. The van der Waals surface area contributed by atoms with E-state index in [-0.39, 0.29) is 17.6 Å². The summed E-state index contributed by atoms with van der Waals surface area (Å²) in [6.07, 6.45) is 3.73. The van der Waals surface area contributed by atoms with Gasteiger partial charge in [-0.3, -0.25) is 4.90 Å². The Morgan fingerprint density at radius 2 is 1.47 bits per heavy atom. The highest BCUT2D eigenvalue weighted by atomic mass is 19.1. The zero-order valence-electron chi connectivity index (χ0n) is 18.4. The Kier molecular flexibility index (Phi) is 7.32. The van der Waals surface area contributed by atoms with Gasteiger partial charge in [-0.05, 0) is 66.9 Å². The average molecular weight is 438 g/mol. The second kappa shape index (κ2) is 10.6. The van der Waals surface area contributed by atoms with Gasteiger partial charge in [0.25, 0.3) is 0 Å². The Bertz CT molecular complexity index is 941. The van der Waals surface area contributed by atoms with Crippen LogP contribution in [0.3, 0.4) is 0 Å². The average Bonchev–Trinajstić information content (AvgIpc) is 2.84. The summed E-state index contributed by atoms with van der Waals surface area (Å²) in [5, 5.41) is 0. The monoisotopic (exact) mass is 437 g/mol. The van der Waals surface area contributed by atoms with Gasteiger partial charge in [-0.25, -0.2) is 13.8 Å². The predicted molar refractivity (Wildman–Crippen MR) is 123 cm³/mol. The molecule has 0 spiro atoms. The maximum Gasteiger partial charge on any atom is 0.171 e. The molecule has 2 aromatic carbocycles. The summed E-state index contributed by atoms with van der Waals surface area (Å²) < 4.78 is 32.3. The Hall–Kier alpha value is -2.99. The molecule has 0 atom stereocenters. The van der Waals surface area contributed by atoms with Crippen LogP contribution in [0.1, 0.15) is 29.9 Å². The fourth-order valence-electron chi connectivity index (χ4n) is 4.40. The third kappa shape index (κ3) is 5.43. The first kappa shape index (κ1) is 22.2. The molecule has 0 unspecified atom stereocenters. The van der Waals surface area contributed by atoms with E-state index in [9.17, 15) is 8.78 Å². The number of pyridine rings is 1. The highest BCUT2D eigenvalue weighted by Gasteiger charge is 2.21. The van der Waals surface area contributed by atoms with Crippen molar-refractivity contribution < 1.29 is 13.5 Å². The Labute approximate surface area is 188 Å². The van der Waals surface area contributed by atoms with E-state index >= 15 is 0 Å². The molecule has 168 valence electrons. The van der Waals surface area contributed by atoms with Crippen molar-refractivity contribution in [3.63, 3.8) is 0 Å². The van der Waals surface area contributed by atoms with Crippen molar-refractivity contribution in [2.45, 2.75) is 18.8 Å². The lowest BCUT2D eigenvalue weighted by Crippen LogP contribution is -2.47. The number of rotatable bonds is 8. The number of aromatic nitrogens is 1. The Balaban J connectivity index is 1.34. The van der Waals surface area contributed by atoms with Gasteiger partial charge in [0.15, 0.2) is 11.6 Å². The summed E-state index contributed by atoms with van der Waals surface area (Å²) in [5.41, 5.74) is 2.12. The van der Waals surface area contributed by atoms with Crippen molar-refractivity contribution in [3.8, 4) is 5.75 Å². The number of anilines is 1. The minimum absolute atomic E-state index is 0.121. The quantitative estimate of drug-likeness (QED) is 0.490. The van der Waals surface area contributed by atoms with Gasteiger partial charge in [0.05, 0.1) is 7.11 Å². The van der Waals surface area contributed by atoms with E-state index in [0.717, 1.165) is 68.3 Å². The molecule has 3 aromatic rings. The van der Waals surface area contributed by atoms with Crippen LogP contribution in [0.4, 0.5) is 14.6 Å². The van der Waals surface area contributed by atoms with Crippen molar-refractivity contribution in [2.75, 3.05) is 44.7 Å². The van der Waals surface area contributed by atoms with Gasteiger partial charge in [0, 0.05) is 38.3 Å². The van der Waals surface area contributed by atoms with Gasteiger partial charge in [-0.1, -0.05) is 24.3 Å². The van der Waals surface area contributed by atoms with Gasteiger partial charge in [0.1, 0.15) is 11.6 Å². The number of methoxy groups -OCH3 is 1. The van der Waals surface area contributed by atoms with E-state index in [1.165, 1.54) is 24.3 Å². The van der Waals surface area contributed by atoms with E-state index in [2.05, 4.69) is 14.8 Å². The fraction of sp³-hybridized carbons (Fsp3) is 0.346. The Morgan fingerprint density at radius 3 is 2.03 bits per heavy atom. The van der Waals surface area contributed by atoms with E-state index in [1.807, 2.05) is 36.4 Å². The summed E-state index contributed by atoms with van der Waals surface area (Å²) in [7, 11) is 1.68. The molecule has 1 aliphatic rings. The third-order valence-corrected chi connectivity index (χ3v) is 6.15. The van der Waals surface area contributed by atoms with Crippen molar-refractivity contribution in [1.29, 1.82) is 0 Å². The van der Waals surface area contributed by atoms with Crippen molar-refractivity contribution in [2.24, 2.45) is 0 Å². The fourth-order valence-corrected chi connectivity index (χ4v) is 4.40. The van der Waals surface area contributed by atoms with E-state index < -0.39 is 0 Å². The number of ether oxygens (including phenoxy) is 1. The highest BCUT2D eigenvalue weighted by molar-refractivity contribution is 5.52. The summed E-state index contributed by atoms with van der Waals surface area (Å²) in [4.78, 5) is 9.24. The second-order valence-electron chi connectivity index (χ2n) is 8.16. The molecule has 0 amide bonds. The van der Waals surface area contributed by atoms with Gasteiger partial charge >= 0.3 is 0 Å². The van der Waals surface area contributed by atoms with Crippen LogP contribution in [0.15, 0.2) is 66.9 Å². The van der Waals surface area contributed by atoms with Crippen molar-refractivity contribution >= 4 is 5.82 Å². The molecule has 0 saturated carbocycles. The molecule has 1 saturated heterocycles. The number of piperazine rings is 1. The van der Waals surface area contributed by atoms with Gasteiger partial charge in [0.2, 0.25) is 0 Å². The molecule has 1 aliphatic heterocycles. The number of hydrogen-bond donors (Lipinski definition) is 0. The van der Waals surface area contributed by atoms with Crippen LogP contribution in [0, 0.1) is 11.6 Å². The summed E-state index contributed by atoms with van der Waals surface area (Å²) in [6, 6.07) is 17.2. The molecule has 0 N–H and O–H groups in total. The predicted octanol–water partition coefficient (Wildman–Crippen LogP) is 5.10. The molecule has 4 nitrogen and oxygen atoms in total. The van der Waals surface area contributed by atoms with Crippen LogP contribution in [-0.4, -0.2) is 49.7 Å². The molecular formula is C26H29F2N3O. The SMILES string of the molecule is COc1cccnc1N1CCN(CCCC(c2ccc(F)cc2)c2ccc(F)cc2)CC1. The molecular weight excluding hydrogens is 408 g/mol. The van der Waals surface area contributed by atoms with Gasteiger partial charge in [-0.15, -0.1) is 0 Å². The van der Waals surface area contributed by atoms with Crippen LogP contribution in [0.2, 0.25) is 0 Å². The zero-order chi connectivity index (χ0) is 22.3. The highest BCUT2D eigenvalue weighted by Crippen LogP contribution is 2.30. The molecule has 1 aromatic heterocycles. The number of halogens is 2. The lowest BCUT2D eigenvalue weighted by atomic mass is 9.87. The van der Waals surface area contributed by atoms with Crippen LogP contribution < -0.4 is 9.64 Å². The standard InChI is InChI=1S/C26H29F2N3O/c1-32-25-5-2-14-29-26(25)31-18-16-30(17-19-31)15-3-4-24(20-6-10-22(27)11-7-20)21-8-12-23(28)13-9-21/h2,5-14,24H,3-4,15-19H2,1H3. The van der Waals surface area contributed by atoms with Gasteiger partial charge < -0.3 is 9.64 Å². The molecule has 0 bridgehead atoms. The number of benzene rings is 2. The molecule has 6 heteroatoms. The number of hydrogen-bond acceptors (Lipinski definition) is 4. The van der Waals surface area contributed by atoms with Crippen LogP contribution in [-0.2, 0) is 0 Å². The molecule has 4 rings (SSSR count). The second-order valence-corrected chi connectivity index (χ2v) is 8.16.